The molecular weight excluding hydrogens is 404 g/mol. The van der Waals surface area contributed by atoms with E-state index in [1.165, 1.54) is 88.2 Å². The first kappa shape index (κ1) is 25.3. The fourth-order valence-corrected chi connectivity index (χ4v) is 4.27. The van der Waals surface area contributed by atoms with Gasteiger partial charge in [0, 0.05) is 37.1 Å². The lowest BCUT2D eigenvalue weighted by molar-refractivity contribution is -0.697. The van der Waals surface area contributed by atoms with Crippen LogP contribution in [-0.2, 0) is 13.1 Å². The highest BCUT2D eigenvalue weighted by Gasteiger charge is 2.06. The highest BCUT2D eigenvalue weighted by Crippen LogP contribution is 2.16. The monoisotopic (exact) mass is 446 g/mol. The Morgan fingerprint density at radius 3 is 1.07 bits per heavy atom. The molecule has 4 heteroatoms. The van der Waals surface area contributed by atoms with Crippen molar-refractivity contribution in [2.45, 2.75) is 90.1 Å². The van der Waals surface area contributed by atoms with Crippen molar-refractivity contribution in [1.29, 1.82) is 0 Å². The molecule has 2 aromatic rings. The minimum Gasteiger partial charge on any atom is -0.205 e. The third kappa shape index (κ3) is 10.9. The van der Waals surface area contributed by atoms with Gasteiger partial charge in [-0.15, -0.1) is 0 Å². The number of aryl methyl sites for hydroxylation is 2. The van der Waals surface area contributed by atoms with Gasteiger partial charge in [-0.3, -0.25) is 0 Å². The van der Waals surface area contributed by atoms with E-state index in [-0.39, 0.29) is 0 Å². The van der Waals surface area contributed by atoms with Crippen molar-refractivity contribution in [3.05, 3.63) is 49.1 Å². The van der Waals surface area contributed by atoms with E-state index in [1.54, 1.807) is 0 Å². The largest absolute Gasteiger partial charge is 0.205 e. The fraction of sp³-hybridized carbons (Fsp3) is 0.615. The van der Waals surface area contributed by atoms with Gasteiger partial charge in [-0.25, -0.2) is 9.13 Å². The molecule has 0 spiro atoms. The third-order valence-corrected chi connectivity index (χ3v) is 6.40. The van der Waals surface area contributed by atoms with Crippen molar-refractivity contribution in [2.24, 2.45) is 0 Å². The summed E-state index contributed by atoms with van der Waals surface area (Å²) in [4.78, 5) is 0. The number of aromatic nitrogens is 2. The highest BCUT2D eigenvalue weighted by molar-refractivity contribution is 7.80. The second-order valence-electron chi connectivity index (χ2n) is 8.34. The number of unbranched alkanes of at least 4 members (excludes halogenated alkanes) is 10. The van der Waals surface area contributed by atoms with Crippen LogP contribution in [0.1, 0.15) is 77.0 Å². The maximum Gasteiger partial charge on any atom is 0.169 e. The Balaban J connectivity index is 1.65. The molecule has 0 radical (unpaired) electrons. The van der Waals surface area contributed by atoms with Crippen LogP contribution < -0.4 is 9.13 Å². The van der Waals surface area contributed by atoms with Crippen LogP contribution in [0.25, 0.3) is 11.1 Å². The molecule has 0 N–H and O–H groups in total. The number of hydrogen-bond donors (Lipinski definition) is 2. The van der Waals surface area contributed by atoms with Crippen LogP contribution in [0.2, 0.25) is 0 Å². The van der Waals surface area contributed by atoms with E-state index >= 15 is 0 Å². The Bertz CT molecular complexity index is 596. The van der Waals surface area contributed by atoms with Crippen LogP contribution in [0, 0.1) is 0 Å². The number of pyridine rings is 2. The molecule has 0 unspecified atom stereocenters. The average molecular weight is 447 g/mol. The van der Waals surface area contributed by atoms with Gasteiger partial charge in [0.05, 0.1) is 0 Å². The van der Waals surface area contributed by atoms with Gasteiger partial charge in [0.25, 0.3) is 0 Å². The van der Waals surface area contributed by atoms with Crippen molar-refractivity contribution in [3.8, 4) is 11.1 Å². The Labute approximate surface area is 195 Å². The predicted molar refractivity (Wildman–Crippen MR) is 135 cm³/mol. The smallest absolute Gasteiger partial charge is 0.169 e. The standard InChI is InChI=1S/C26H40N2S2/c29-23-11-7-3-1-5-9-17-27-19-13-25(14-20-27)26-15-21-28(22-16-26)18-10-6-2-4-8-12-24-30/h13-16,19-22H,1-12,17-18,23-24H2/p+2. The van der Waals surface area contributed by atoms with Gasteiger partial charge in [0.15, 0.2) is 24.8 Å². The number of nitrogens with zero attached hydrogens (tertiary/aromatic N) is 2. The minimum atomic E-state index is 1.03. The normalized spacial score (nSPS) is 11.1. The lowest BCUT2D eigenvalue weighted by atomic mass is 10.1. The summed E-state index contributed by atoms with van der Waals surface area (Å²) in [5.74, 6) is 2.06. The quantitative estimate of drug-likeness (QED) is 0.156. The SMILES string of the molecule is SCCCCCCCC[n+]1ccc(-c2cc[n+](CCCCCCCCS)cc2)cc1. The first-order chi connectivity index (χ1) is 14.8. The minimum absolute atomic E-state index is 1.03. The predicted octanol–water partition coefficient (Wildman–Crippen LogP) is 6.47. The van der Waals surface area contributed by atoms with E-state index in [9.17, 15) is 0 Å². The molecule has 0 amide bonds. The molecule has 30 heavy (non-hydrogen) atoms. The van der Waals surface area contributed by atoms with E-state index in [2.05, 4.69) is 83.4 Å². The summed E-state index contributed by atoms with van der Waals surface area (Å²) in [6.07, 6.45) is 24.7. The van der Waals surface area contributed by atoms with Crippen molar-refractivity contribution < 1.29 is 9.13 Å². The summed E-state index contributed by atoms with van der Waals surface area (Å²) in [5.41, 5.74) is 2.60. The van der Waals surface area contributed by atoms with Crippen LogP contribution in [0.3, 0.4) is 0 Å². The first-order valence-electron chi connectivity index (χ1n) is 12.0. The Kier molecular flexibility index (Phi) is 14.0. The number of rotatable bonds is 17. The molecule has 0 bridgehead atoms. The molecule has 2 nitrogen and oxygen atoms in total. The Morgan fingerprint density at radius 1 is 0.433 bits per heavy atom. The van der Waals surface area contributed by atoms with Gasteiger partial charge in [-0.05, 0) is 48.3 Å². The molecule has 0 aliphatic heterocycles. The molecule has 0 atom stereocenters. The lowest BCUT2D eigenvalue weighted by Crippen LogP contribution is -2.33. The molecular formula is C26H42N2S2+2. The topological polar surface area (TPSA) is 7.76 Å². The molecule has 0 saturated carbocycles. The second-order valence-corrected chi connectivity index (χ2v) is 9.23. The molecule has 2 aromatic heterocycles. The maximum absolute atomic E-state index is 4.27. The zero-order valence-electron chi connectivity index (χ0n) is 18.7. The van der Waals surface area contributed by atoms with Gasteiger partial charge < -0.3 is 0 Å². The van der Waals surface area contributed by atoms with Crippen molar-refractivity contribution in [3.63, 3.8) is 0 Å². The second kappa shape index (κ2) is 16.7. The number of hydrogen-bond acceptors (Lipinski definition) is 2. The molecule has 2 heterocycles. The maximum atomic E-state index is 4.27. The summed E-state index contributed by atoms with van der Waals surface area (Å²) < 4.78 is 4.63. The van der Waals surface area contributed by atoms with Crippen LogP contribution in [0.15, 0.2) is 49.1 Å². The Hall–Kier alpha value is -1.00. The molecule has 0 aliphatic rings. The summed E-state index contributed by atoms with van der Waals surface area (Å²) in [6, 6.07) is 8.99. The molecule has 0 aromatic carbocycles. The number of thiol groups is 2. The first-order valence-corrected chi connectivity index (χ1v) is 13.3. The fourth-order valence-electron chi connectivity index (χ4n) is 3.82. The van der Waals surface area contributed by atoms with Gasteiger partial charge in [-0.2, -0.15) is 25.3 Å². The average Bonchev–Trinajstić information content (AvgIpc) is 2.79. The zero-order valence-corrected chi connectivity index (χ0v) is 20.5. The van der Waals surface area contributed by atoms with E-state index < -0.39 is 0 Å². The lowest BCUT2D eigenvalue weighted by Gasteiger charge is -2.03. The van der Waals surface area contributed by atoms with Crippen LogP contribution in [0.4, 0.5) is 0 Å². The van der Waals surface area contributed by atoms with Gasteiger partial charge >= 0.3 is 0 Å². The van der Waals surface area contributed by atoms with Crippen molar-refractivity contribution in [1.82, 2.24) is 0 Å². The van der Waals surface area contributed by atoms with Crippen LogP contribution >= 0.6 is 25.3 Å². The van der Waals surface area contributed by atoms with Crippen molar-refractivity contribution >= 4 is 25.3 Å². The molecule has 0 aliphatic carbocycles. The molecule has 2 rings (SSSR count). The molecule has 0 saturated heterocycles. The summed E-state index contributed by atoms with van der Waals surface area (Å²) in [5, 5.41) is 0. The van der Waals surface area contributed by atoms with Gasteiger partial charge in [-0.1, -0.05) is 38.5 Å². The third-order valence-electron chi connectivity index (χ3n) is 5.76. The summed E-state index contributed by atoms with van der Waals surface area (Å²) in [7, 11) is 0. The van der Waals surface area contributed by atoms with E-state index in [4.69, 9.17) is 0 Å². The molecule has 0 fully saturated rings. The van der Waals surface area contributed by atoms with E-state index in [0.29, 0.717) is 0 Å². The van der Waals surface area contributed by atoms with Gasteiger partial charge in [0.1, 0.15) is 13.1 Å². The zero-order chi connectivity index (χ0) is 21.3. The van der Waals surface area contributed by atoms with Crippen molar-refractivity contribution in [2.75, 3.05) is 11.5 Å². The van der Waals surface area contributed by atoms with Gasteiger partial charge in [0.2, 0.25) is 0 Å². The van der Waals surface area contributed by atoms with Crippen LogP contribution in [-0.4, -0.2) is 11.5 Å². The Morgan fingerprint density at radius 2 is 0.733 bits per heavy atom. The summed E-state index contributed by atoms with van der Waals surface area (Å²) >= 11 is 8.55. The van der Waals surface area contributed by atoms with E-state index in [0.717, 1.165) is 24.6 Å². The van der Waals surface area contributed by atoms with Crippen LogP contribution in [0.5, 0.6) is 0 Å². The summed E-state index contributed by atoms with van der Waals surface area (Å²) in [6.45, 7) is 2.24. The molecule has 166 valence electrons. The van der Waals surface area contributed by atoms with E-state index in [1.807, 2.05) is 0 Å². The highest BCUT2D eigenvalue weighted by atomic mass is 32.1.